The van der Waals surface area contributed by atoms with E-state index in [2.05, 4.69) is 48.8 Å². The average molecular weight is 246 g/mol. The van der Waals surface area contributed by atoms with Crippen molar-refractivity contribution >= 4 is 11.0 Å². The summed E-state index contributed by atoms with van der Waals surface area (Å²) in [6.07, 6.45) is 2.19. The number of nitrogens with zero attached hydrogens (tertiary/aromatic N) is 3. The van der Waals surface area contributed by atoms with Gasteiger partial charge < -0.3 is 9.88 Å². The minimum atomic E-state index is 0.362. The van der Waals surface area contributed by atoms with E-state index in [1.807, 2.05) is 7.05 Å². The lowest BCUT2D eigenvalue weighted by molar-refractivity contribution is 0.745. The molecule has 0 bridgehead atoms. The average Bonchev–Trinajstić information content (AvgIpc) is 2.68. The van der Waals surface area contributed by atoms with Crippen molar-refractivity contribution in [1.29, 1.82) is 0 Å². The molecule has 0 fully saturated rings. The molecule has 0 aromatic carbocycles. The van der Waals surface area contributed by atoms with E-state index in [4.69, 9.17) is 4.98 Å². The Morgan fingerprint density at radius 2 is 2.06 bits per heavy atom. The first-order chi connectivity index (χ1) is 8.58. The lowest BCUT2D eigenvalue weighted by Crippen LogP contribution is -2.05. The van der Waals surface area contributed by atoms with Gasteiger partial charge in [-0.2, -0.15) is 0 Å². The number of fused-ring (bicyclic) bond motifs is 1. The van der Waals surface area contributed by atoms with Crippen LogP contribution in [-0.4, -0.2) is 21.6 Å². The fraction of sp³-hybridized carbons (Fsp3) is 0.571. The Bertz CT molecular complexity index is 554. The van der Waals surface area contributed by atoms with Gasteiger partial charge in [-0.1, -0.05) is 13.8 Å². The molecule has 1 N–H and O–H groups in total. The number of hydrogen-bond donors (Lipinski definition) is 1. The van der Waals surface area contributed by atoms with Gasteiger partial charge in [-0.3, -0.25) is 0 Å². The molecule has 4 heteroatoms. The van der Waals surface area contributed by atoms with Gasteiger partial charge in [0.25, 0.3) is 0 Å². The van der Waals surface area contributed by atoms with Crippen LogP contribution >= 0.6 is 0 Å². The first-order valence-corrected chi connectivity index (χ1v) is 6.59. The molecule has 0 atom stereocenters. The molecular weight excluding hydrogens is 224 g/mol. The molecule has 0 aliphatic rings. The van der Waals surface area contributed by atoms with E-state index in [1.54, 1.807) is 0 Å². The highest BCUT2D eigenvalue weighted by atomic mass is 15.1. The Balaban J connectivity index is 2.71. The number of nitrogens with one attached hydrogen (secondary N) is 1. The maximum Gasteiger partial charge on any atom is 0.144 e. The number of aryl methyl sites for hydroxylation is 2. The fourth-order valence-corrected chi connectivity index (χ4v) is 2.30. The Kier molecular flexibility index (Phi) is 3.66. The van der Waals surface area contributed by atoms with E-state index in [0.717, 1.165) is 30.3 Å². The second-order valence-corrected chi connectivity index (χ2v) is 4.99. The Morgan fingerprint density at radius 1 is 1.33 bits per heavy atom. The number of aromatic nitrogens is 3. The lowest BCUT2D eigenvalue weighted by atomic mass is 10.1. The van der Waals surface area contributed by atoms with Crippen LogP contribution in [0, 0.1) is 6.92 Å². The van der Waals surface area contributed by atoms with Crippen molar-refractivity contribution in [2.24, 2.45) is 0 Å². The van der Waals surface area contributed by atoms with Crippen LogP contribution in [0.5, 0.6) is 0 Å². The molecule has 0 saturated carbocycles. The Labute approximate surface area is 108 Å². The van der Waals surface area contributed by atoms with Gasteiger partial charge >= 0.3 is 0 Å². The molecule has 4 nitrogen and oxygen atoms in total. The molecule has 2 heterocycles. The second-order valence-electron chi connectivity index (χ2n) is 4.99. The topological polar surface area (TPSA) is 42.7 Å². The molecule has 2 aromatic heterocycles. The van der Waals surface area contributed by atoms with Crippen molar-refractivity contribution in [3.63, 3.8) is 0 Å². The quantitative estimate of drug-likeness (QED) is 0.901. The van der Waals surface area contributed by atoms with Gasteiger partial charge in [-0.25, -0.2) is 9.97 Å². The van der Waals surface area contributed by atoms with E-state index in [0.29, 0.717) is 5.92 Å². The van der Waals surface area contributed by atoms with E-state index < -0.39 is 0 Å². The molecule has 0 saturated heterocycles. The van der Waals surface area contributed by atoms with Crippen molar-refractivity contribution < 1.29 is 0 Å². The molecule has 98 valence electrons. The third kappa shape index (κ3) is 2.12. The largest absolute Gasteiger partial charge is 0.332 e. The summed E-state index contributed by atoms with van der Waals surface area (Å²) in [7, 11) is 1.97. The summed E-state index contributed by atoms with van der Waals surface area (Å²) in [5.74, 6) is 1.30. The highest BCUT2D eigenvalue weighted by Crippen LogP contribution is 2.24. The predicted octanol–water partition coefficient (Wildman–Crippen LogP) is 2.60. The minimum absolute atomic E-state index is 0.362. The third-order valence-electron chi connectivity index (χ3n) is 3.22. The smallest absolute Gasteiger partial charge is 0.144 e. The molecule has 0 unspecified atom stereocenters. The Morgan fingerprint density at radius 3 is 2.61 bits per heavy atom. The molecule has 2 rings (SSSR count). The summed E-state index contributed by atoms with van der Waals surface area (Å²) in [5, 5.41) is 4.41. The standard InChI is InChI=1S/C14H22N4/c1-6-18-8-11(7-15-5)12-10(4)16-13(9(2)3)17-14(12)18/h8-9,15H,6-7H2,1-5H3. The van der Waals surface area contributed by atoms with Gasteiger partial charge in [-0.05, 0) is 26.5 Å². The maximum absolute atomic E-state index is 4.73. The van der Waals surface area contributed by atoms with Gasteiger partial charge in [0.15, 0.2) is 0 Å². The zero-order chi connectivity index (χ0) is 13.3. The summed E-state index contributed by atoms with van der Waals surface area (Å²) in [6.45, 7) is 10.3. The van der Waals surface area contributed by atoms with Crippen LogP contribution in [0.2, 0.25) is 0 Å². The van der Waals surface area contributed by atoms with Gasteiger partial charge in [0.05, 0.1) is 5.69 Å². The third-order valence-corrected chi connectivity index (χ3v) is 3.22. The summed E-state index contributed by atoms with van der Waals surface area (Å²) in [5.41, 5.74) is 3.43. The monoisotopic (exact) mass is 246 g/mol. The van der Waals surface area contributed by atoms with Crippen LogP contribution < -0.4 is 5.32 Å². The highest BCUT2D eigenvalue weighted by molar-refractivity contribution is 5.83. The summed E-state index contributed by atoms with van der Waals surface area (Å²) < 4.78 is 2.21. The van der Waals surface area contributed by atoms with Gasteiger partial charge in [-0.15, -0.1) is 0 Å². The minimum Gasteiger partial charge on any atom is -0.332 e. The van der Waals surface area contributed by atoms with Crippen LogP contribution in [0.3, 0.4) is 0 Å². The summed E-state index contributed by atoms with van der Waals surface area (Å²) in [6, 6.07) is 0. The molecule has 18 heavy (non-hydrogen) atoms. The van der Waals surface area contributed by atoms with Crippen molar-refractivity contribution in [3.05, 3.63) is 23.3 Å². The summed E-state index contributed by atoms with van der Waals surface area (Å²) >= 11 is 0. The SMILES string of the molecule is CCn1cc(CNC)c2c(C)nc(C(C)C)nc21. The van der Waals surface area contributed by atoms with Crippen molar-refractivity contribution in [2.45, 2.75) is 46.7 Å². The van der Waals surface area contributed by atoms with Crippen LogP contribution in [0.25, 0.3) is 11.0 Å². The van der Waals surface area contributed by atoms with E-state index in [9.17, 15) is 0 Å². The normalized spacial score (nSPS) is 11.7. The summed E-state index contributed by atoms with van der Waals surface area (Å²) in [4.78, 5) is 9.37. The predicted molar refractivity (Wildman–Crippen MR) is 74.8 cm³/mol. The molecule has 2 aromatic rings. The lowest BCUT2D eigenvalue weighted by Gasteiger charge is -2.08. The first-order valence-electron chi connectivity index (χ1n) is 6.59. The van der Waals surface area contributed by atoms with Gasteiger partial charge in [0, 0.05) is 30.6 Å². The van der Waals surface area contributed by atoms with Gasteiger partial charge in [0.2, 0.25) is 0 Å². The zero-order valence-electron chi connectivity index (χ0n) is 11.9. The number of rotatable bonds is 4. The van der Waals surface area contributed by atoms with Gasteiger partial charge in [0.1, 0.15) is 11.5 Å². The van der Waals surface area contributed by atoms with Crippen molar-refractivity contribution in [1.82, 2.24) is 19.9 Å². The van der Waals surface area contributed by atoms with Crippen LogP contribution in [0.15, 0.2) is 6.20 Å². The van der Waals surface area contributed by atoms with E-state index in [1.165, 1.54) is 10.9 Å². The van der Waals surface area contributed by atoms with Crippen LogP contribution in [0.1, 0.15) is 43.8 Å². The number of hydrogen-bond acceptors (Lipinski definition) is 3. The van der Waals surface area contributed by atoms with Crippen LogP contribution in [0.4, 0.5) is 0 Å². The Hall–Kier alpha value is -1.42. The van der Waals surface area contributed by atoms with E-state index in [-0.39, 0.29) is 0 Å². The molecule has 0 amide bonds. The fourth-order valence-electron chi connectivity index (χ4n) is 2.30. The van der Waals surface area contributed by atoms with Crippen molar-refractivity contribution in [3.8, 4) is 0 Å². The van der Waals surface area contributed by atoms with Crippen molar-refractivity contribution in [2.75, 3.05) is 7.05 Å². The molecule has 0 aliphatic heterocycles. The molecule has 0 radical (unpaired) electrons. The van der Waals surface area contributed by atoms with E-state index >= 15 is 0 Å². The molecular formula is C14H22N4. The van der Waals surface area contributed by atoms with Crippen LogP contribution in [-0.2, 0) is 13.1 Å². The molecule has 0 spiro atoms. The highest BCUT2D eigenvalue weighted by Gasteiger charge is 2.14. The maximum atomic E-state index is 4.73. The second kappa shape index (κ2) is 5.06. The zero-order valence-corrected chi connectivity index (χ0v) is 11.9. The molecule has 0 aliphatic carbocycles. The first kappa shape index (κ1) is 13.0.